The van der Waals surface area contributed by atoms with E-state index in [0.29, 0.717) is 36.7 Å². The summed E-state index contributed by atoms with van der Waals surface area (Å²) in [5.41, 5.74) is 1.80. The molecule has 0 fully saturated rings. The van der Waals surface area contributed by atoms with Crippen LogP contribution in [0.3, 0.4) is 0 Å². The molecule has 31 heavy (non-hydrogen) atoms. The van der Waals surface area contributed by atoms with Crippen molar-refractivity contribution in [2.75, 3.05) is 20.7 Å². The third-order valence-electron chi connectivity index (χ3n) is 4.99. The highest BCUT2D eigenvalue weighted by atomic mass is 16.5. The van der Waals surface area contributed by atoms with Gasteiger partial charge in [-0.1, -0.05) is 42.5 Å². The maximum Gasteiger partial charge on any atom is 0.272 e. The van der Waals surface area contributed by atoms with Crippen LogP contribution >= 0.6 is 0 Å². The molecule has 1 atom stereocenters. The van der Waals surface area contributed by atoms with Crippen molar-refractivity contribution in [1.82, 2.24) is 20.2 Å². The van der Waals surface area contributed by atoms with Gasteiger partial charge in [0.15, 0.2) is 0 Å². The molecule has 2 heterocycles. The number of ether oxygens (including phenoxy) is 1. The Morgan fingerprint density at radius 1 is 1.00 bits per heavy atom. The summed E-state index contributed by atoms with van der Waals surface area (Å²) in [6.07, 6.45) is 2.83. The second kappa shape index (κ2) is 10.9. The molecule has 1 unspecified atom stereocenters. The maximum absolute atomic E-state index is 13.1. The molecule has 2 aromatic heterocycles. The summed E-state index contributed by atoms with van der Waals surface area (Å²) in [6, 6.07) is 20.1. The summed E-state index contributed by atoms with van der Waals surface area (Å²) >= 11 is 0. The third kappa shape index (κ3) is 6.12. The van der Waals surface area contributed by atoms with E-state index in [-0.39, 0.29) is 17.9 Å². The molecule has 1 aromatic carbocycles. The Bertz CT molecular complexity index is 996. The predicted octanol–water partition coefficient (Wildman–Crippen LogP) is 2.99. The summed E-state index contributed by atoms with van der Waals surface area (Å²) < 4.78 is 5.14. The van der Waals surface area contributed by atoms with Gasteiger partial charge in [0.1, 0.15) is 11.4 Å². The van der Waals surface area contributed by atoms with Crippen molar-refractivity contribution in [2.24, 2.45) is 0 Å². The average Bonchev–Trinajstić information content (AvgIpc) is 2.83. The second-order valence-electron chi connectivity index (χ2n) is 7.08. The molecule has 3 aromatic rings. The van der Waals surface area contributed by atoms with E-state index in [1.165, 1.54) is 7.11 Å². The molecular formula is C24H26N4O3. The van der Waals surface area contributed by atoms with Gasteiger partial charge >= 0.3 is 0 Å². The van der Waals surface area contributed by atoms with Crippen LogP contribution in [-0.4, -0.2) is 53.4 Å². The molecule has 7 nitrogen and oxygen atoms in total. The highest BCUT2D eigenvalue weighted by Crippen LogP contribution is 2.15. The molecule has 0 aliphatic carbocycles. The molecular weight excluding hydrogens is 392 g/mol. The highest BCUT2D eigenvalue weighted by molar-refractivity contribution is 5.93. The van der Waals surface area contributed by atoms with E-state index in [0.717, 1.165) is 5.56 Å². The van der Waals surface area contributed by atoms with Crippen LogP contribution in [0.4, 0.5) is 0 Å². The molecule has 0 saturated heterocycles. The molecule has 0 radical (unpaired) electrons. The zero-order chi connectivity index (χ0) is 22.1. The predicted molar refractivity (Wildman–Crippen MR) is 118 cm³/mol. The number of aromatic nitrogens is 2. The first kappa shape index (κ1) is 22.0. The molecule has 7 heteroatoms. The van der Waals surface area contributed by atoms with Crippen LogP contribution < -0.4 is 10.1 Å². The van der Waals surface area contributed by atoms with E-state index < -0.39 is 0 Å². The first-order valence-electron chi connectivity index (χ1n) is 10.1. The van der Waals surface area contributed by atoms with Crippen LogP contribution in [0.15, 0.2) is 72.9 Å². The number of carbonyl (C=O) groups is 2. The fourth-order valence-electron chi connectivity index (χ4n) is 3.25. The van der Waals surface area contributed by atoms with Crippen molar-refractivity contribution in [1.29, 1.82) is 0 Å². The Morgan fingerprint density at radius 3 is 2.45 bits per heavy atom. The van der Waals surface area contributed by atoms with Crippen LogP contribution in [-0.2, 0) is 6.42 Å². The van der Waals surface area contributed by atoms with Crippen molar-refractivity contribution in [3.05, 3.63) is 89.9 Å². The van der Waals surface area contributed by atoms with Gasteiger partial charge in [-0.25, -0.2) is 4.98 Å². The lowest BCUT2D eigenvalue weighted by Crippen LogP contribution is -2.41. The van der Waals surface area contributed by atoms with Gasteiger partial charge in [0.25, 0.3) is 11.8 Å². The van der Waals surface area contributed by atoms with E-state index in [1.54, 1.807) is 54.5 Å². The van der Waals surface area contributed by atoms with Gasteiger partial charge in [-0.05, 0) is 36.6 Å². The zero-order valence-electron chi connectivity index (χ0n) is 17.7. The zero-order valence-corrected chi connectivity index (χ0v) is 17.7. The minimum absolute atomic E-state index is 0.132. The van der Waals surface area contributed by atoms with Crippen LogP contribution in [0.2, 0.25) is 0 Å². The Balaban J connectivity index is 1.70. The second-order valence-corrected chi connectivity index (χ2v) is 7.08. The van der Waals surface area contributed by atoms with E-state index in [4.69, 9.17) is 4.74 Å². The lowest BCUT2D eigenvalue weighted by atomic mass is 10.0. The molecule has 0 aliphatic rings. The summed E-state index contributed by atoms with van der Waals surface area (Å²) in [4.78, 5) is 35.4. The first-order chi connectivity index (χ1) is 15.1. The Hall–Kier alpha value is -3.74. The molecule has 0 aliphatic heterocycles. The smallest absolute Gasteiger partial charge is 0.272 e. The summed E-state index contributed by atoms with van der Waals surface area (Å²) in [7, 11) is 3.28. The minimum Gasteiger partial charge on any atom is -0.481 e. The molecule has 1 N–H and O–H groups in total. The number of nitrogens with one attached hydrogen (secondary N) is 1. The molecule has 0 saturated carbocycles. The monoisotopic (exact) mass is 418 g/mol. The number of likely N-dealkylation sites (N-methyl/N-ethyl adjacent to an activating group) is 1. The Morgan fingerprint density at radius 2 is 1.74 bits per heavy atom. The van der Waals surface area contributed by atoms with Gasteiger partial charge in [-0.2, -0.15) is 0 Å². The number of amides is 2. The van der Waals surface area contributed by atoms with E-state index in [1.807, 2.05) is 30.3 Å². The van der Waals surface area contributed by atoms with Crippen LogP contribution in [0.25, 0.3) is 0 Å². The number of rotatable bonds is 9. The lowest BCUT2D eigenvalue weighted by Gasteiger charge is -2.28. The van der Waals surface area contributed by atoms with Gasteiger partial charge in [-0.15, -0.1) is 0 Å². The molecule has 0 bridgehead atoms. The van der Waals surface area contributed by atoms with E-state index in [2.05, 4.69) is 15.3 Å². The summed E-state index contributed by atoms with van der Waals surface area (Å²) in [5, 5.41) is 2.89. The molecule has 160 valence electrons. The van der Waals surface area contributed by atoms with Crippen molar-refractivity contribution in [3.63, 3.8) is 0 Å². The SMILES string of the molecule is COc1cccc(C(=O)N(C)C(CCNC(=O)c2ccccn2)Cc2ccccc2)n1. The molecule has 0 spiro atoms. The summed E-state index contributed by atoms with van der Waals surface area (Å²) in [5.74, 6) is -0.0418. The van der Waals surface area contributed by atoms with E-state index >= 15 is 0 Å². The minimum atomic E-state index is -0.234. The Kier molecular flexibility index (Phi) is 7.70. The molecule has 3 rings (SSSR count). The number of carbonyl (C=O) groups excluding carboxylic acids is 2. The number of pyridine rings is 2. The summed E-state index contributed by atoms with van der Waals surface area (Å²) in [6.45, 7) is 0.413. The normalized spacial score (nSPS) is 11.4. The Labute approximate surface area is 182 Å². The van der Waals surface area contributed by atoms with Gasteiger partial charge in [0, 0.05) is 31.9 Å². The largest absolute Gasteiger partial charge is 0.481 e. The standard InChI is InChI=1S/C24H26N4O3/c1-28(24(30)21-12-8-13-22(27-21)31-2)19(17-18-9-4-3-5-10-18)14-16-26-23(29)20-11-6-7-15-25-20/h3-13,15,19H,14,16-17H2,1-2H3,(H,26,29). The van der Waals surface area contributed by atoms with Crippen LogP contribution in [0.5, 0.6) is 5.88 Å². The van der Waals surface area contributed by atoms with Crippen molar-refractivity contribution in [2.45, 2.75) is 18.9 Å². The fraction of sp³-hybridized carbons (Fsp3) is 0.250. The average molecular weight is 418 g/mol. The quantitative estimate of drug-likeness (QED) is 0.578. The van der Waals surface area contributed by atoms with Gasteiger partial charge < -0.3 is 15.0 Å². The maximum atomic E-state index is 13.1. The topological polar surface area (TPSA) is 84.4 Å². The first-order valence-corrected chi connectivity index (χ1v) is 10.1. The van der Waals surface area contributed by atoms with Crippen LogP contribution in [0, 0.1) is 0 Å². The number of benzene rings is 1. The van der Waals surface area contributed by atoms with Gasteiger partial charge in [-0.3, -0.25) is 14.6 Å². The van der Waals surface area contributed by atoms with Crippen LogP contribution in [0.1, 0.15) is 33.0 Å². The number of nitrogens with zero attached hydrogens (tertiary/aromatic N) is 3. The van der Waals surface area contributed by atoms with Crippen molar-refractivity contribution >= 4 is 11.8 Å². The lowest BCUT2D eigenvalue weighted by molar-refractivity contribution is 0.0716. The molecule has 2 amide bonds. The fourth-order valence-corrected chi connectivity index (χ4v) is 3.25. The third-order valence-corrected chi connectivity index (χ3v) is 4.99. The van der Waals surface area contributed by atoms with Crippen molar-refractivity contribution < 1.29 is 14.3 Å². The number of hydrogen-bond donors (Lipinski definition) is 1. The number of methoxy groups -OCH3 is 1. The number of hydrogen-bond acceptors (Lipinski definition) is 5. The van der Waals surface area contributed by atoms with E-state index in [9.17, 15) is 9.59 Å². The van der Waals surface area contributed by atoms with Gasteiger partial charge in [0.05, 0.1) is 7.11 Å². The van der Waals surface area contributed by atoms with Crippen molar-refractivity contribution in [3.8, 4) is 5.88 Å². The van der Waals surface area contributed by atoms with Gasteiger partial charge in [0.2, 0.25) is 5.88 Å². The highest BCUT2D eigenvalue weighted by Gasteiger charge is 2.23.